The molecule has 1 aromatic carbocycles. The number of halogens is 2. The fourth-order valence-corrected chi connectivity index (χ4v) is 7.22. The number of hydrogen-bond donors (Lipinski definition) is 3. The zero-order valence-corrected chi connectivity index (χ0v) is 21.1. The highest BCUT2D eigenvalue weighted by Crippen LogP contribution is 2.61. The third-order valence-corrected chi connectivity index (χ3v) is 8.25. The first-order valence-corrected chi connectivity index (χ1v) is 12.8. The molecule has 4 fully saturated rings. The maximum atomic E-state index is 6.24. The second-order valence-electron chi connectivity index (χ2n) is 9.52. The molecule has 0 atom stereocenters. The van der Waals surface area contributed by atoms with Gasteiger partial charge in [-0.25, -0.2) is 0 Å². The first kappa shape index (κ1) is 23.0. The fourth-order valence-electron chi connectivity index (χ4n) is 6.34. The van der Waals surface area contributed by atoms with E-state index in [0.717, 1.165) is 29.2 Å². The molecule has 4 bridgehead atoms. The minimum absolute atomic E-state index is 0.0747. The number of rotatable bonds is 4. The van der Waals surface area contributed by atoms with Gasteiger partial charge < -0.3 is 0 Å². The smallest absolute Gasteiger partial charge is 0.205 e. The number of hydrazone groups is 1. The molecule has 1 heterocycles. The molecular weight excluding hydrogens is 493 g/mol. The Morgan fingerprint density at radius 1 is 0.970 bits per heavy atom. The molecule has 0 aliphatic heterocycles. The average molecular weight is 519 g/mol. The van der Waals surface area contributed by atoms with Gasteiger partial charge in [-0.1, -0.05) is 41.5 Å². The number of nitrogens with one attached hydrogen (secondary N) is 3. The van der Waals surface area contributed by atoms with Crippen LogP contribution >= 0.6 is 47.6 Å². The quantitative estimate of drug-likeness (QED) is 0.276. The summed E-state index contributed by atoms with van der Waals surface area (Å²) in [6, 6.07) is 11.2. The maximum Gasteiger partial charge on any atom is 0.205 e. The van der Waals surface area contributed by atoms with Crippen LogP contribution in [0, 0.1) is 23.2 Å². The molecule has 3 N–H and O–H groups in total. The lowest BCUT2D eigenvalue weighted by molar-refractivity contribution is -0.0122. The van der Waals surface area contributed by atoms with Crippen LogP contribution < -0.4 is 16.3 Å². The monoisotopic (exact) mass is 517 g/mol. The third-order valence-electron chi connectivity index (χ3n) is 7.18. The maximum absolute atomic E-state index is 6.24. The van der Waals surface area contributed by atoms with Crippen LogP contribution in [0.25, 0.3) is 0 Å². The van der Waals surface area contributed by atoms with Gasteiger partial charge in [0.05, 0.1) is 16.4 Å². The number of benzene rings is 1. The Morgan fingerprint density at radius 2 is 1.67 bits per heavy atom. The molecule has 6 rings (SSSR count). The molecule has 0 amide bonds. The van der Waals surface area contributed by atoms with E-state index in [4.69, 9.17) is 52.7 Å². The lowest BCUT2D eigenvalue weighted by Crippen LogP contribution is -2.51. The van der Waals surface area contributed by atoms with E-state index in [-0.39, 0.29) is 5.41 Å². The van der Waals surface area contributed by atoms with Gasteiger partial charge in [0.15, 0.2) is 0 Å². The first-order valence-electron chi connectivity index (χ1n) is 11.2. The van der Waals surface area contributed by atoms with Crippen molar-refractivity contribution < 1.29 is 0 Å². The van der Waals surface area contributed by atoms with Crippen molar-refractivity contribution in [1.29, 1.82) is 0 Å². The van der Waals surface area contributed by atoms with Crippen molar-refractivity contribution in [2.24, 2.45) is 28.3 Å². The van der Waals surface area contributed by atoms with E-state index in [1.165, 1.54) is 38.5 Å². The predicted molar refractivity (Wildman–Crippen MR) is 142 cm³/mol. The summed E-state index contributed by atoms with van der Waals surface area (Å²) in [4.78, 5) is 5.06. The molecule has 2 aromatic rings. The molecule has 4 aliphatic rings. The van der Waals surface area contributed by atoms with E-state index < -0.39 is 0 Å². The standard InChI is InChI=1S/C24H25Cl2N5S2/c25-17-4-5-18(19(26)10-17)22(32)29-31-23(33)30-28-21(20-3-1-2-6-27-20)24-11-14-7-15(12-24)9-16(8-14)13-24/h1-6,10,14-16H,7-9,11-13H2,(H,29,32)(H2,30,31,33)/b28-21-. The van der Waals surface area contributed by atoms with Crippen molar-refractivity contribution >= 4 is 63.5 Å². The Bertz CT molecular complexity index is 1070. The summed E-state index contributed by atoms with van der Waals surface area (Å²) in [7, 11) is 0. The van der Waals surface area contributed by atoms with Crippen LogP contribution in [0.4, 0.5) is 0 Å². The predicted octanol–water partition coefficient (Wildman–Crippen LogP) is 5.65. The minimum atomic E-state index is 0.0747. The normalized spacial score (nSPS) is 27.8. The zero-order valence-electron chi connectivity index (χ0n) is 18.0. The van der Waals surface area contributed by atoms with Crippen molar-refractivity contribution in [3.63, 3.8) is 0 Å². The van der Waals surface area contributed by atoms with Crippen molar-refractivity contribution in [3.05, 3.63) is 63.9 Å². The molecule has 5 nitrogen and oxygen atoms in total. The van der Waals surface area contributed by atoms with E-state index in [1.807, 2.05) is 24.4 Å². The van der Waals surface area contributed by atoms with E-state index in [0.29, 0.717) is 25.7 Å². The topological polar surface area (TPSA) is 61.3 Å². The minimum Gasteiger partial charge on any atom is -0.288 e. The van der Waals surface area contributed by atoms with Crippen molar-refractivity contribution in [2.75, 3.05) is 0 Å². The highest BCUT2D eigenvalue weighted by atomic mass is 35.5. The Balaban J connectivity index is 1.31. The molecule has 33 heavy (non-hydrogen) atoms. The summed E-state index contributed by atoms with van der Waals surface area (Å²) < 4.78 is 0. The highest BCUT2D eigenvalue weighted by Gasteiger charge is 2.53. The Hall–Kier alpha value is -1.80. The SMILES string of the molecule is S=C(N/N=C(/c1ccccn1)C12CC3CC(CC(C3)C1)C2)NNC(=S)c1ccc(Cl)cc1Cl. The number of nitrogens with zero attached hydrogens (tertiary/aromatic N) is 2. The van der Waals surface area contributed by atoms with Gasteiger partial charge in [0.2, 0.25) is 5.11 Å². The van der Waals surface area contributed by atoms with Crippen LogP contribution in [0.15, 0.2) is 47.7 Å². The number of aromatic nitrogens is 1. The number of thiocarbonyl (C=S) groups is 2. The molecule has 0 spiro atoms. The van der Waals surface area contributed by atoms with E-state index in [1.54, 1.807) is 18.2 Å². The van der Waals surface area contributed by atoms with Gasteiger partial charge in [-0.15, -0.1) is 0 Å². The van der Waals surface area contributed by atoms with Crippen LogP contribution in [0.1, 0.15) is 49.8 Å². The fraction of sp³-hybridized carbons (Fsp3) is 0.417. The van der Waals surface area contributed by atoms with E-state index >= 15 is 0 Å². The Kier molecular flexibility index (Phi) is 6.58. The van der Waals surface area contributed by atoms with Crippen LogP contribution in [0.5, 0.6) is 0 Å². The van der Waals surface area contributed by atoms with Gasteiger partial charge in [0, 0.05) is 22.2 Å². The second-order valence-corrected chi connectivity index (χ2v) is 11.2. The first-order chi connectivity index (χ1) is 15.9. The van der Waals surface area contributed by atoms with Gasteiger partial charge >= 0.3 is 0 Å². The van der Waals surface area contributed by atoms with Crippen LogP contribution in [-0.2, 0) is 0 Å². The van der Waals surface area contributed by atoms with Gasteiger partial charge in [-0.3, -0.25) is 21.3 Å². The molecule has 0 unspecified atom stereocenters. The van der Waals surface area contributed by atoms with Crippen molar-refractivity contribution in [1.82, 2.24) is 21.3 Å². The largest absolute Gasteiger partial charge is 0.288 e. The summed E-state index contributed by atoms with van der Waals surface area (Å²) in [5.74, 6) is 2.41. The third kappa shape index (κ3) is 4.87. The van der Waals surface area contributed by atoms with Crippen LogP contribution in [-0.4, -0.2) is 20.8 Å². The summed E-state index contributed by atoms with van der Waals surface area (Å²) in [5.41, 5.74) is 11.5. The molecule has 9 heteroatoms. The van der Waals surface area contributed by atoms with Crippen LogP contribution in [0.2, 0.25) is 10.0 Å². The summed E-state index contributed by atoms with van der Waals surface area (Å²) in [5, 5.41) is 6.18. The molecule has 4 saturated carbocycles. The molecule has 1 aromatic heterocycles. The van der Waals surface area contributed by atoms with Crippen LogP contribution in [0.3, 0.4) is 0 Å². The van der Waals surface area contributed by atoms with E-state index in [9.17, 15) is 0 Å². The number of hydrazine groups is 1. The Morgan fingerprint density at radius 3 is 2.27 bits per heavy atom. The van der Waals surface area contributed by atoms with Gasteiger partial charge in [-0.05, 0) is 98.8 Å². The lowest BCUT2D eigenvalue weighted by atomic mass is 9.48. The van der Waals surface area contributed by atoms with Crippen molar-refractivity contribution in [2.45, 2.75) is 38.5 Å². The zero-order chi connectivity index (χ0) is 23.0. The molecule has 0 saturated heterocycles. The highest BCUT2D eigenvalue weighted by molar-refractivity contribution is 7.81. The lowest BCUT2D eigenvalue weighted by Gasteiger charge is -2.56. The summed E-state index contributed by atoms with van der Waals surface area (Å²) in [6.07, 6.45) is 9.51. The van der Waals surface area contributed by atoms with Crippen molar-refractivity contribution in [3.8, 4) is 0 Å². The second kappa shape index (κ2) is 9.45. The number of hydrogen-bond acceptors (Lipinski definition) is 4. The average Bonchev–Trinajstić information content (AvgIpc) is 2.77. The Labute approximate surface area is 214 Å². The van der Waals surface area contributed by atoms with Gasteiger partial charge in [-0.2, -0.15) is 5.10 Å². The molecular formula is C24H25Cl2N5S2. The molecule has 4 aliphatic carbocycles. The summed E-state index contributed by atoms with van der Waals surface area (Å²) >= 11 is 23.1. The molecule has 172 valence electrons. The molecule has 0 radical (unpaired) electrons. The summed E-state index contributed by atoms with van der Waals surface area (Å²) in [6.45, 7) is 0. The van der Waals surface area contributed by atoms with E-state index in [2.05, 4.69) is 21.3 Å². The van der Waals surface area contributed by atoms with Gasteiger partial charge in [0.1, 0.15) is 4.99 Å². The number of pyridine rings is 1. The van der Waals surface area contributed by atoms with Gasteiger partial charge in [0.25, 0.3) is 0 Å².